The van der Waals surface area contributed by atoms with Crippen LogP contribution in [0.15, 0.2) is 59.5 Å². The van der Waals surface area contributed by atoms with Crippen molar-refractivity contribution in [2.24, 2.45) is 0 Å². The molecule has 1 saturated heterocycles. The molecule has 1 aliphatic rings. The molecule has 0 radical (unpaired) electrons. The molecule has 0 unspecified atom stereocenters. The smallest absolute Gasteiger partial charge is 0.246 e. The Morgan fingerprint density at radius 1 is 1.04 bits per heavy atom. The number of piperazine rings is 1. The zero-order valence-corrected chi connectivity index (χ0v) is 15.8. The second-order valence-electron chi connectivity index (χ2n) is 6.43. The summed E-state index contributed by atoms with van der Waals surface area (Å²) in [5.74, 6) is -0.745. The standard InChI is InChI=1S/C20H21FN2O3S/c1-16-4-2-5-17(14-16)8-9-20(24)22-10-12-23(13-11-22)27(25,26)19-7-3-6-18(21)15-19/h2-9,14-15H,10-13H2,1H3/b9-8+. The third kappa shape index (κ3) is 4.61. The van der Waals surface area contributed by atoms with E-state index in [1.54, 1.807) is 11.0 Å². The molecule has 1 fully saturated rings. The van der Waals surface area contributed by atoms with Crippen LogP contribution in [0.3, 0.4) is 0 Å². The van der Waals surface area contributed by atoms with Gasteiger partial charge in [0, 0.05) is 32.3 Å². The van der Waals surface area contributed by atoms with E-state index in [1.165, 1.54) is 28.6 Å². The third-order valence-electron chi connectivity index (χ3n) is 4.44. The van der Waals surface area contributed by atoms with Crippen LogP contribution in [0.4, 0.5) is 4.39 Å². The maximum Gasteiger partial charge on any atom is 0.246 e. The first-order valence-electron chi connectivity index (χ1n) is 8.66. The topological polar surface area (TPSA) is 57.7 Å². The molecular weight excluding hydrogens is 367 g/mol. The van der Waals surface area contributed by atoms with Gasteiger partial charge in [0.15, 0.2) is 0 Å². The molecule has 1 amide bonds. The molecular formula is C20H21FN2O3S. The number of sulfonamides is 1. The molecule has 142 valence electrons. The van der Waals surface area contributed by atoms with Gasteiger partial charge in [0.2, 0.25) is 15.9 Å². The van der Waals surface area contributed by atoms with E-state index in [0.717, 1.165) is 17.2 Å². The highest BCUT2D eigenvalue weighted by atomic mass is 32.2. The van der Waals surface area contributed by atoms with E-state index in [0.29, 0.717) is 13.1 Å². The minimum absolute atomic E-state index is 0.0679. The molecule has 2 aromatic rings. The molecule has 0 spiro atoms. The van der Waals surface area contributed by atoms with E-state index in [1.807, 2.05) is 31.2 Å². The minimum Gasteiger partial charge on any atom is -0.337 e. The fourth-order valence-corrected chi connectivity index (χ4v) is 4.43. The average molecular weight is 388 g/mol. The first kappa shape index (κ1) is 19.3. The molecule has 0 aromatic heterocycles. The van der Waals surface area contributed by atoms with Crippen molar-refractivity contribution in [3.05, 3.63) is 71.6 Å². The van der Waals surface area contributed by atoms with Crippen LogP contribution in [0.1, 0.15) is 11.1 Å². The maximum absolute atomic E-state index is 13.3. The van der Waals surface area contributed by atoms with Gasteiger partial charge in [0.05, 0.1) is 4.90 Å². The summed E-state index contributed by atoms with van der Waals surface area (Å²) in [5, 5.41) is 0. The van der Waals surface area contributed by atoms with Gasteiger partial charge in [-0.25, -0.2) is 12.8 Å². The summed E-state index contributed by atoms with van der Waals surface area (Å²) >= 11 is 0. The second-order valence-corrected chi connectivity index (χ2v) is 8.37. The van der Waals surface area contributed by atoms with Gasteiger partial charge in [-0.05, 0) is 36.8 Å². The summed E-state index contributed by atoms with van der Waals surface area (Å²) < 4.78 is 39.8. The number of halogens is 1. The Hall–Kier alpha value is -2.51. The maximum atomic E-state index is 13.3. The van der Waals surface area contributed by atoms with Crippen molar-refractivity contribution in [3.63, 3.8) is 0 Å². The number of amides is 1. The number of hydrogen-bond donors (Lipinski definition) is 0. The van der Waals surface area contributed by atoms with E-state index < -0.39 is 15.8 Å². The summed E-state index contributed by atoms with van der Waals surface area (Å²) in [6.45, 7) is 2.94. The van der Waals surface area contributed by atoms with E-state index in [2.05, 4.69) is 0 Å². The Morgan fingerprint density at radius 3 is 2.41 bits per heavy atom. The highest BCUT2D eigenvalue weighted by Gasteiger charge is 2.29. The summed E-state index contributed by atoms with van der Waals surface area (Å²) in [6.07, 6.45) is 3.26. The Labute approximate surface area is 158 Å². The van der Waals surface area contributed by atoms with Crippen LogP contribution in [0.5, 0.6) is 0 Å². The van der Waals surface area contributed by atoms with E-state index >= 15 is 0 Å². The normalized spacial score (nSPS) is 16.0. The zero-order valence-electron chi connectivity index (χ0n) is 15.0. The van der Waals surface area contributed by atoms with Crippen molar-refractivity contribution in [1.82, 2.24) is 9.21 Å². The molecule has 0 saturated carbocycles. The van der Waals surface area contributed by atoms with Crippen molar-refractivity contribution in [2.75, 3.05) is 26.2 Å². The lowest BCUT2D eigenvalue weighted by molar-refractivity contribution is -0.127. The van der Waals surface area contributed by atoms with Gasteiger partial charge in [-0.15, -0.1) is 0 Å². The number of aryl methyl sites for hydroxylation is 1. The molecule has 7 heteroatoms. The van der Waals surface area contributed by atoms with Gasteiger partial charge in [0.25, 0.3) is 0 Å². The van der Waals surface area contributed by atoms with Crippen LogP contribution in [-0.2, 0) is 14.8 Å². The van der Waals surface area contributed by atoms with Crippen molar-refractivity contribution in [2.45, 2.75) is 11.8 Å². The van der Waals surface area contributed by atoms with Gasteiger partial charge < -0.3 is 4.90 Å². The fraction of sp³-hybridized carbons (Fsp3) is 0.250. The van der Waals surface area contributed by atoms with Gasteiger partial charge in [0.1, 0.15) is 5.82 Å². The lowest BCUT2D eigenvalue weighted by atomic mass is 10.1. The Balaban J connectivity index is 1.62. The van der Waals surface area contributed by atoms with E-state index in [9.17, 15) is 17.6 Å². The predicted molar refractivity (Wildman–Crippen MR) is 102 cm³/mol. The molecule has 1 heterocycles. The van der Waals surface area contributed by atoms with Crippen molar-refractivity contribution >= 4 is 22.0 Å². The largest absolute Gasteiger partial charge is 0.337 e. The summed E-state index contributed by atoms with van der Waals surface area (Å²) in [6, 6.07) is 12.8. The summed E-state index contributed by atoms with van der Waals surface area (Å²) in [4.78, 5) is 13.9. The fourth-order valence-electron chi connectivity index (χ4n) is 2.97. The summed E-state index contributed by atoms with van der Waals surface area (Å²) in [7, 11) is -3.76. The number of hydrogen-bond acceptors (Lipinski definition) is 3. The lowest BCUT2D eigenvalue weighted by Gasteiger charge is -2.33. The van der Waals surface area contributed by atoms with Crippen LogP contribution < -0.4 is 0 Å². The van der Waals surface area contributed by atoms with E-state index in [-0.39, 0.29) is 23.9 Å². The quantitative estimate of drug-likeness (QED) is 0.757. The highest BCUT2D eigenvalue weighted by molar-refractivity contribution is 7.89. The average Bonchev–Trinajstić information content (AvgIpc) is 2.66. The van der Waals surface area contributed by atoms with Gasteiger partial charge in [-0.1, -0.05) is 35.9 Å². The van der Waals surface area contributed by atoms with Crippen LogP contribution >= 0.6 is 0 Å². The number of carbonyl (C=O) groups is 1. The van der Waals surface area contributed by atoms with E-state index in [4.69, 9.17) is 0 Å². The molecule has 27 heavy (non-hydrogen) atoms. The second kappa shape index (κ2) is 8.02. The third-order valence-corrected chi connectivity index (χ3v) is 6.34. The zero-order chi connectivity index (χ0) is 19.4. The molecule has 1 aliphatic heterocycles. The first-order valence-corrected chi connectivity index (χ1v) is 10.1. The minimum atomic E-state index is -3.76. The van der Waals surface area contributed by atoms with Gasteiger partial charge in [-0.3, -0.25) is 4.79 Å². The molecule has 2 aromatic carbocycles. The van der Waals surface area contributed by atoms with Crippen LogP contribution in [0, 0.1) is 12.7 Å². The Bertz CT molecular complexity index is 965. The SMILES string of the molecule is Cc1cccc(/C=C/C(=O)N2CCN(S(=O)(=O)c3cccc(F)c3)CC2)c1. The number of carbonyl (C=O) groups excluding carboxylic acids is 1. The summed E-state index contributed by atoms with van der Waals surface area (Å²) in [5.41, 5.74) is 2.05. The van der Waals surface area contributed by atoms with Gasteiger partial charge in [-0.2, -0.15) is 4.31 Å². The lowest BCUT2D eigenvalue weighted by Crippen LogP contribution is -2.50. The van der Waals surface area contributed by atoms with Crippen molar-refractivity contribution in [1.29, 1.82) is 0 Å². The molecule has 0 bridgehead atoms. The predicted octanol–water partition coefficient (Wildman–Crippen LogP) is 2.68. The number of nitrogens with zero attached hydrogens (tertiary/aromatic N) is 2. The number of benzene rings is 2. The molecule has 0 aliphatic carbocycles. The molecule has 0 N–H and O–H groups in total. The molecule has 3 rings (SSSR count). The Morgan fingerprint density at radius 2 is 1.74 bits per heavy atom. The number of rotatable bonds is 4. The highest BCUT2D eigenvalue weighted by Crippen LogP contribution is 2.18. The van der Waals surface area contributed by atoms with Crippen LogP contribution in [0.25, 0.3) is 6.08 Å². The van der Waals surface area contributed by atoms with Gasteiger partial charge >= 0.3 is 0 Å². The van der Waals surface area contributed by atoms with Crippen molar-refractivity contribution in [3.8, 4) is 0 Å². The molecule has 5 nitrogen and oxygen atoms in total. The monoisotopic (exact) mass is 388 g/mol. The first-order chi connectivity index (χ1) is 12.9. The van der Waals surface area contributed by atoms with Crippen LogP contribution in [-0.4, -0.2) is 49.7 Å². The van der Waals surface area contributed by atoms with Crippen LogP contribution in [0.2, 0.25) is 0 Å². The Kier molecular flexibility index (Phi) is 5.72. The van der Waals surface area contributed by atoms with Crippen molar-refractivity contribution < 1.29 is 17.6 Å². The molecule has 0 atom stereocenters.